The smallest absolute Gasteiger partial charge is 0.226 e. The summed E-state index contributed by atoms with van der Waals surface area (Å²) in [6.45, 7) is 2.69. The molecule has 8 heteroatoms. The standard InChI is InChI=1S/C18H14F4N4/c19-10-1-2-11(13(20)7-10)17-12-8-14(21)15(22)9-16(12)24-18(25-17)26-5-3-23-4-6-26/h1-2,7-9,23H,3-6H2. The van der Waals surface area contributed by atoms with Crippen molar-refractivity contribution in [3.8, 4) is 11.3 Å². The zero-order valence-electron chi connectivity index (χ0n) is 13.6. The maximum atomic E-state index is 14.3. The summed E-state index contributed by atoms with van der Waals surface area (Å²) in [6, 6.07) is 4.95. The number of halogens is 4. The van der Waals surface area contributed by atoms with Gasteiger partial charge in [-0.15, -0.1) is 0 Å². The van der Waals surface area contributed by atoms with Crippen LogP contribution in [0.25, 0.3) is 22.2 Å². The van der Waals surface area contributed by atoms with Gasteiger partial charge in [0, 0.05) is 49.3 Å². The zero-order valence-corrected chi connectivity index (χ0v) is 13.6. The number of anilines is 1. The average Bonchev–Trinajstić information content (AvgIpc) is 2.63. The molecule has 0 unspecified atom stereocenters. The van der Waals surface area contributed by atoms with Crippen LogP contribution in [0.1, 0.15) is 0 Å². The summed E-state index contributed by atoms with van der Waals surface area (Å²) >= 11 is 0. The summed E-state index contributed by atoms with van der Waals surface area (Å²) in [6.07, 6.45) is 0. The lowest BCUT2D eigenvalue weighted by atomic mass is 10.1. The first-order chi connectivity index (χ1) is 12.5. The number of hydrogen-bond acceptors (Lipinski definition) is 4. The molecule has 0 amide bonds. The Labute approximate surface area is 146 Å². The van der Waals surface area contributed by atoms with E-state index in [1.807, 2.05) is 4.90 Å². The van der Waals surface area contributed by atoms with Crippen molar-refractivity contribution in [3.05, 3.63) is 53.6 Å². The molecule has 1 saturated heterocycles. The lowest BCUT2D eigenvalue weighted by Crippen LogP contribution is -2.44. The van der Waals surface area contributed by atoms with Crippen LogP contribution < -0.4 is 10.2 Å². The minimum Gasteiger partial charge on any atom is -0.338 e. The Morgan fingerprint density at radius 3 is 2.31 bits per heavy atom. The molecule has 26 heavy (non-hydrogen) atoms. The molecule has 0 radical (unpaired) electrons. The molecule has 4 nitrogen and oxygen atoms in total. The first-order valence-electron chi connectivity index (χ1n) is 8.11. The number of fused-ring (bicyclic) bond motifs is 1. The van der Waals surface area contributed by atoms with Crippen LogP contribution >= 0.6 is 0 Å². The molecule has 4 rings (SSSR count). The Morgan fingerprint density at radius 2 is 1.58 bits per heavy atom. The number of aromatic nitrogens is 2. The molecule has 1 aliphatic heterocycles. The molecule has 1 N–H and O–H groups in total. The second-order valence-electron chi connectivity index (χ2n) is 6.02. The summed E-state index contributed by atoms with van der Waals surface area (Å²) < 4.78 is 55.1. The largest absolute Gasteiger partial charge is 0.338 e. The fourth-order valence-corrected chi connectivity index (χ4v) is 3.00. The predicted octanol–water partition coefficient (Wildman–Crippen LogP) is 3.26. The van der Waals surface area contributed by atoms with E-state index >= 15 is 0 Å². The Morgan fingerprint density at radius 1 is 0.846 bits per heavy atom. The summed E-state index contributed by atoms with van der Waals surface area (Å²) in [5.41, 5.74) is 0.257. The van der Waals surface area contributed by atoms with E-state index in [4.69, 9.17) is 0 Å². The van der Waals surface area contributed by atoms with E-state index in [1.165, 1.54) is 6.07 Å². The van der Waals surface area contributed by atoms with E-state index in [9.17, 15) is 17.6 Å². The van der Waals surface area contributed by atoms with Gasteiger partial charge < -0.3 is 10.2 Å². The first-order valence-corrected chi connectivity index (χ1v) is 8.11. The van der Waals surface area contributed by atoms with Crippen LogP contribution in [0.4, 0.5) is 23.5 Å². The number of hydrogen-bond donors (Lipinski definition) is 1. The van der Waals surface area contributed by atoms with E-state index in [-0.39, 0.29) is 22.2 Å². The highest BCUT2D eigenvalue weighted by atomic mass is 19.2. The van der Waals surface area contributed by atoms with E-state index < -0.39 is 23.3 Å². The van der Waals surface area contributed by atoms with E-state index in [0.717, 1.165) is 37.4 Å². The normalized spacial score (nSPS) is 14.8. The molecule has 134 valence electrons. The Hall–Kier alpha value is -2.74. The number of nitrogens with zero attached hydrogens (tertiary/aromatic N) is 3. The van der Waals surface area contributed by atoms with Crippen LogP contribution in [0.2, 0.25) is 0 Å². The molecule has 3 aromatic rings. The quantitative estimate of drug-likeness (QED) is 0.711. The molecule has 1 aliphatic rings. The van der Waals surface area contributed by atoms with Gasteiger partial charge in [-0.05, 0) is 18.2 Å². The second kappa shape index (κ2) is 6.53. The third-order valence-electron chi connectivity index (χ3n) is 4.31. The van der Waals surface area contributed by atoms with Gasteiger partial charge >= 0.3 is 0 Å². The van der Waals surface area contributed by atoms with Crippen molar-refractivity contribution < 1.29 is 17.6 Å². The zero-order chi connectivity index (χ0) is 18.3. The van der Waals surface area contributed by atoms with Crippen molar-refractivity contribution in [2.75, 3.05) is 31.1 Å². The van der Waals surface area contributed by atoms with Crippen LogP contribution in [-0.4, -0.2) is 36.1 Å². The van der Waals surface area contributed by atoms with Crippen LogP contribution in [-0.2, 0) is 0 Å². The maximum Gasteiger partial charge on any atom is 0.226 e. The monoisotopic (exact) mass is 362 g/mol. The SMILES string of the molecule is Fc1ccc(-c2nc(N3CCNCC3)nc3cc(F)c(F)cc23)c(F)c1. The highest BCUT2D eigenvalue weighted by Crippen LogP contribution is 2.31. The lowest BCUT2D eigenvalue weighted by Gasteiger charge is -2.28. The van der Waals surface area contributed by atoms with Crippen molar-refractivity contribution in [2.24, 2.45) is 0 Å². The van der Waals surface area contributed by atoms with Crippen LogP contribution in [0.15, 0.2) is 30.3 Å². The Kier molecular flexibility index (Phi) is 4.20. The van der Waals surface area contributed by atoms with E-state index in [2.05, 4.69) is 15.3 Å². The van der Waals surface area contributed by atoms with Crippen molar-refractivity contribution in [3.63, 3.8) is 0 Å². The first kappa shape index (κ1) is 16.7. The van der Waals surface area contributed by atoms with Gasteiger partial charge in [0.05, 0.1) is 11.2 Å². The average molecular weight is 362 g/mol. The fourth-order valence-electron chi connectivity index (χ4n) is 3.00. The molecule has 1 aromatic heterocycles. The molecule has 1 fully saturated rings. The van der Waals surface area contributed by atoms with Crippen LogP contribution in [0.5, 0.6) is 0 Å². The van der Waals surface area contributed by atoms with Gasteiger partial charge in [0.2, 0.25) is 5.95 Å². The molecule has 2 heterocycles. The van der Waals surface area contributed by atoms with Crippen molar-refractivity contribution in [1.29, 1.82) is 0 Å². The highest BCUT2D eigenvalue weighted by molar-refractivity contribution is 5.93. The second-order valence-corrected chi connectivity index (χ2v) is 6.02. The number of piperazine rings is 1. The number of nitrogens with one attached hydrogen (secondary N) is 1. The van der Waals surface area contributed by atoms with Crippen molar-refractivity contribution in [2.45, 2.75) is 0 Å². The van der Waals surface area contributed by atoms with E-state index in [1.54, 1.807) is 0 Å². The van der Waals surface area contributed by atoms with E-state index in [0.29, 0.717) is 19.0 Å². The van der Waals surface area contributed by atoms with Crippen LogP contribution in [0.3, 0.4) is 0 Å². The summed E-state index contributed by atoms with van der Waals surface area (Å²) in [4.78, 5) is 10.6. The minimum atomic E-state index is -1.08. The van der Waals surface area contributed by atoms with Gasteiger partial charge in [0.1, 0.15) is 11.6 Å². The molecule has 0 saturated carbocycles. The lowest BCUT2D eigenvalue weighted by molar-refractivity contribution is 0.510. The van der Waals surface area contributed by atoms with Crippen molar-refractivity contribution >= 4 is 16.9 Å². The Bertz CT molecular complexity index is 987. The summed E-state index contributed by atoms with van der Waals surface area (Å²) in [5, 5.41) is 3.35. The van der Waals surface area contributed by atoms with Gasteiger partial charge in [0.25, 0.3) is 0 Å². The van der Waals surface area contributed by atoms with Gasteiger partial charge in [-0.3, -0.25) is 0 Å². The third-order valence-corrected chi connectivity index (χ3v) is 4.31. The predicted molar refractivity (Wildman–Crippen MR) is 89.9 cm³/mol. The fraction of sp³-hybridized carbons (Fsp3) is 0.222. The number of rotatable bonds is 2. The summed E-state index contributed by atoms with van der Waals surface area (Å²) in [5.74, 6) is -3.40. The van der Waals surface area contributed by atoms with Crippen molar-refractivity contribution in [1.82, 2.24) is 15.3 Å². The minimum absolute atomic E-state index is 0.00110. The Balaban J connectivity index is 1.97. The summed E-state index contributed by atoms with van der Waals surface area (Å²) in [7, 11) is 0. The van der Waals surface area contributed by atoms with Gasteiger partial charge in [0.15, 0.2) is 11.6 Å². The molecule has 0 spiro atoms. The van der Waals surface area contributed by atoms with Crippen LogP contribution in [0, 0.1) is 23.3 Å². The molecular formula is C18H14F4N4. The molecule has 0 aliphatic carbocycles. The van der Waals surface area contributed by atoms with Gasteiger partial charge in [-0.2, -0.15) is 0 Å². The maximum absolute atomic E-state index is 14.3. The number of benzene rings is 2. The van der Waals surface area contributed by atoms with Gasteiger partial charge in [-0.25, -0.2) is 27.5 Å². The highest BCUT2D eigenvalue weighted by Gasteiger charge is 2.20. The molecular weight excluding hydrogens is 348 g/mol. The topological polar surface area (TPSA) is 41.1 Å². The molecule has 0 atom stereocenters. The molecule has 0 bridgehead atoms. The molecule has 2 aromatic carbocycles. The third kappa shape index (κ3) is 2.96. The van der Waals surface area contributed by atoms with Gasteiger partial charge in [-0.1, -0.05) is 0 Å².